The second-order valence-electron chi connectivity index (χ2n) is 4.46. The Hall–Kier alpha value is -3.28. The van der Waals surface area contributed by atoms with Gasteiger partial charge in [0.05, 0.1) is 11.1 Å². The Morgan fingerprint density at radius 2 is 1.05 bits per heavy atom. The maximum Gasteiger partial charge on any atom is 0.337 e. The average Bonchev–Trinajstić information content (AvgIpc) is 2.43. The zero-order valence-corrected chi connectivity index (χ0v) is 11.2. The number of rotatable bonds is 4. The molecule has 0 aliphatic carbocycles. The summed E-state index contributed by atoms with van der Waals surface area (Å²) in [5.74, 6) is -3.27. The topological polar surface area (TPSA) is 115 Å². The first kappa shape index (κ1) is 15.1. The summed E-state index contributed by atoms with van der Waals surface area (Å²) < 4.78 is 0. The number of carboxylic acid groups (broad SMARTS) is 2. The maximum atomic E-state index is 11.6. The molecule has 0 fully saturated rings. The van der Waals surface area contributed by atoms with Crippen LogP contribution in [0.1, 0.15) is 11.1 Å². The van der Waals surface area contributed by atoms with Gasteiger partial charge in [-0.25, -0.2) is 9.59 Å². The van der Waals surface area contributed by atoms with E-state index in [-0.39, 0.29) is 22.6 Å². The molecule has 2 aromatic carbocycles. The predicted octanol–water partition coefficient (Wildman–Crippen LogP) is 2.18. The van der Waals surface area contributed by atoms with Crippen LogP contribution < -0.4 is 0 Å². The normalized spacial score (nSPS) is 11.6. The summed E-state index contributed by atoms with van der Waals surface area (Å²) in [6.45, 7) is 0. The SMILES string of the molecule is O=C(O)/C(=C(\C(=O)O)c1cccc(O)c1)c1cccc(O)c1. The van der Waals surface area contributed by atoms with Crippen LogP contribution >= 0.6 is 0 Å². The van der Waals surface area contributed by atoms with E-state index in [9.17, 15) is 30.0 Å². The summed E-state index contributed by atoms with van der Waals surface area (Å²) in [6, 6.07) is 10.6. The smallest absolute Gasteiger partial charge is 0.337 e. The van der Waals surface area contributed by atoms with Crippen molar-refractivity contribution in [3.63, 3.8) is 0 Å². The van der Waals surface area contributed by atoms with Crippen LogP contribution in [-0.2, 0) is 9.59 Å². The molecule has 0 aliphatic heterocycles. The summed E-state index contributed by atoms with van der Waals surface area (Å²) >= 11 is 0. The molecular weight excluding hydrogens is 288 g/mol. The second kappa shape index (κ2) is 6.01. The Kier molecular flexibility index (Phi) is 4.13. The standard InChI is InChI=1S/C16H12O6/c17-11-5-1-3-9(7-11)13(15(19)20)14(16(21)22)10-4-2-6-12(18)8-10/h1-8,17-18H,(H,19,20)(H,21,22)/b14-13-. The molecule has 0 unspecified atom stereocenters. The lowest BCUT2D eigenvalue weighted by Crippen LogP contribution is -2.10. The molecule has 0 saturated heterocycles. The van der Waals surface area contributed by atoms with Gasteiger partial charge in [0.25, 0.3) is 0 Å². The highest BCUT2D eigenvalue weighted by atomic mass is 16.4. The van der Waals surface area contributed by atoms with Gasteiger partial charge in [-0.1, -0.05) is 24.3 Å². The molecule has 0 aromatic heterocycles. The van der Waals surface area contributed by atoms with E-state index in [1.807, 2.05) is 0 Å². The molecule has 0 aliphatic rings. The summed E-state index contributed by atoms with van der Waals surface area (Å²) in [6.07, 6.45) is 0. The van der Waals surface area contributed by atoms with Gasteiger partial charge in [0.15, 0.2) is 0 Å². The van der Waals surface area contributed by atoms with Gasteiger partial charge >= 0.3 is 11.9 Å². The van der Waals surface area contributed by atoms with Crippen LogP contribution in [0.3, 0.4) is 0 Å². The molecule has 0 atom stereocenters. The third kappa shape index (κ3) is 3.06. The number of hydrogen-bond donors (Lipinski definition) is 4. The van der Waals surface area contributed by atoms with Crippen LogP contribution in [0.25, 0.3) is 11.1 Å². The molecule has 6 nitrogen and oxygen atoms in total. The van der Waals surface area contributed by atoms with E-state index in [0.717, 1.165) is 12.1 Å². The van der Waals surface area contributed by atoms with Gasteiger partial charge in [0, 0.05) is 0 Å². The lowest BCUT2D eigenvalue weighted by molar-refractivity contribution is -0.132. The Bertz CT molecular complexity index is 710. The molecular formula is C16H12O6. The van der Waals surface area contributed by atoms with Crippen LogP contribution in [0.5, 0.6) is 11.5 Å². The van der Waals surface area contributed by atoms with Crippen molar-refractivity contribution in [1.82, 2.24) is 0 Å². The van der Waals surface area contributed by atoms with Crippen LogP contribution in [0.15, 0.2) is 48.5 Å². The number of hydrogen-bond acceptors (Lipinski definition) is 4. The van der Waals surface area contributed by atoms with Crippen molar-refractivity contribution in [2.45, 2.75) is 0 Å². The summed E-state index contributed by atoms with van der Waals surface area (Å²) in [5, 5.41) is 37.8. The van der Waals surface area contributed by atoms with Crippen molar-refractivity contribution in [3.8, 4) is 11.5 Å². The summed E-state index contributed by atoms with van der Waals surface area (Å²) in [7, 11) is 0. The first-order chi connectivity index (χ1) is 10.4. The van der Waals surface area contributed by atoms with Crippen molar-refractivity contribution in [2.75, 3.05) is 0 Å². The number of benzene rings is 2. The third-order valence-electron chi connectivity index (χ3n) is 2.95. The van der Waals surface area contributed by atoms with E-state index in [1.165, 1.54) is 36.4 Å². The van der Waals surface area contributed by atoms with Crippen LogP contribution in [0.4, 0.5) is 0 Å². The fraction of sp³-hybridized carbons (Fsp3) is 0. The molecule has 0 heterocycles. The summed E-state index contributed by atoms with van der Waals surface area (Å²) in [5.41, 5.74) is -0.857. The van der Waals surface area contributed by atoms with Crippen LogP contribution in [-0.4, -0.2) is 32.4 Å². The average molecular weight is 300 g/mol. The maximum absolute atomic E-state index is 11.6. The zero-order chi connectivity index (χ0) is 16.3. The van der Waals surface area contributed by atoms with E-state index in [4.69, 9.17) is 0 Å². The number of carbonyl (C=O) groups is 2. The Morgan fingerprint density at radius 3 is 1.32 bits per heavy atom. The number of phenols is 2. The first-order valence-electron chi connectivity index (χ1n) is 6.20. The number of aromatic hydroxyl groups is 2. The van der Waals surface area contributed by atoms with Crippen molar-refractivity contribution >= 4 is 23.1 Å². The van der Waals surface area contributed by atoms with Gasteiger partial charge < -0.3 is 20.4 Å². The lowest BCUT2D eigenvalue weighted by atomic mass is 9.94. The van der Waals surface area contributed by atoms with E-state index < -0.39 is 23.1 Å². The third-order valence-corrected chi connectivity index (χ3v) is 2.95. The number of carboxylic acids is 2. The predicted molar refractivity (Wildman–Crippen MR) is 78.3 cm³/mol. The van der Waals surface area contributed by atoms with Gasteiger partial charge in [-0.15, -0.1) is 0 Å². The highest BCUT2D eigenvalue weighted by molar-refractivity contribution is 6.36. The minimum atomic E-state index is -1.45. The molecule has 22 heavy (non-hydrogen) atoms. The van der Waals surface area contributed by atoms with Crippen LogP contribution in [0, 0.1) is 0 Å². The number of phenolic OH excluding ortho intramolecular Hbond substituents is 2. The van der Waals surface area contributed by atoms with Gasteiger partial charge in [-0.3, -0.25) is 0 Å². The lowest BCUT2D eigenvalue weighted by Gasteiger charge is -2.10. The largest absolute Gasteiger partial charge is 0.508 e. The van der Waals surface area contributed by atoms with E-state index in [2.05, 4.69) is 0 Å². The molecule has 6 heteroatoms. The van der Waals surface area contributed by atoms with Crippen molar-refractivity contribution < 1.29 is 30.0 Å². The second-order valence-corrected chi connectivity index (χ2v) is 4.46. The molecule has 0 amide bonds. The molecule has 112 valence electrons. The van der Waals surface area contributed by atoms with Gasteiger partial charge in [0.2, 0.25) is 0 Å². The highest BCUT2D eigenvalue weighted by Crippen LogP contribution is 2.30. The Morgan fingerprint density at radius 1 is 0.682 bits per heavy atom. The van der Waals surface area contributed by atoms with Gasteiger partial charge in [-0.2, -0.15) is 0 Å². The minimum Gasteiger partial charge on any atom is -0.508 e. The molecule has 2 aromatic rings. The van der Waals surface area contributed by atoms with Crippen LogP contribution in [0.2, 0.25) is 0 Å². The molecule has 0 saturated carbocycles. The fourth-order valence-electron chi connectivity index (χ4n) is 2.07. The van der Waals surface area contributed by atoms with E-state index in [1.54, 1.807) is 0 Å². The van der Waals surface area contributed by atoms with Gasteiger partial charge in [0.1, 0.15) is 11.5 Å². The fourth-order valence-corrected chi connectivity index (χ4v) is 2.07. The molecule has 0 bridgehead atoms. The minimum absolute atomic E-state index is 0.0493. The Balaban J connectivity index is 2.79. The Labute approximate surface area is 125 Å². The first-order valence-corrected chi connectivity index (χ1v) is 6.20. The molecule has 2 rings (SSSR count). The van der Waals surface area contributed by atoms with E-state index in [0.29, 0.717) is 0 Å². The van der Waals surface area contributed by atoms with Crippen molar-refractivity contribution in [1.29, 1.82) is 0 Å². The highest BCUT2D eigenvalue weighted by Gasteiger charge is 2.24. The zero-order valence-electron chi connectivity index (χ0n) is 11.2. The monoisotopic (exact) mass is 300 g/mol. The molecule has 0 spiro atoms. The summed E-state index contributed by atoms with van der Waals surface area (Å²) in [4.78, 5) is 23.1. The van der Waals surface area contributed by atoms with Gasteiger partial charge in [-0.05, 0) is 35.4 Å². The number of aliphatic carboxylic acids is 2. The molecule has 0 radical (unpaired) electrons. The van der Waals surface area contributed by atoms with Crippen molar-refractivity contribution in [2.24, 2.45) is 0 Å². The molecule has 4 N–H and O–H groups in total. The van der Waals surface area contributed by atoms with Crippen molar-refractivity contribution in [3.05, 3.63) is 59.7 Å². The van der Waals surface area contributed by atoms with E-state index >= 15 is 0 Å². The quantitative estimate of drug-likeness (QED) is 0.508.